The lowest BCUT2D eigenvalue weighted by Crippen LogP contribution is -2.20. The van der Waals surface area contributed by atoms with Crippen LogP contribution in [-0.2, 0) is 0 Å². The van der Waals surface area contributed by atoms with Crippen LogP contribution in [0.2, 0.25) is 0 Å². The van der Waals surface area contributed by atoms with Crippen LogP contribution < -0.4 is 4.90 Å². The highest BCUT2D eigenvalue weighted by Crippen LogP contribution is 2.34. The van der Waals surface area contributed by atoms with Crippen LogP contribution in [0.3, 0.4) is 0 Å². The van der Waals surface area contributed by atoms with Gasteiger partial charge in [-0.25, -0.2) is 8.78 Å². The molecule has 2 rings (SSSR count). The highest BCUT2D eigenvalue weighted by atomic mass is 19.1. The first-order valence-electron chi connectivity index (χ1n) is 4.98. The highest BCUT2D eigenvalue weighted by molar-refractivity contribution is 5.64. The number of hydrogen-bond acceptors (Lipinski definition) is 3. The van der Waals surface area contributed by atoms with E-state index in [0.29, 0.717) is 19.2 Å². The van der Waals surface area contributed by atoms with Crippen molar-refractivity contribution in [3.8, 4) is 0 Å². The zero-order valence-electron chi connectivity index (χ0n) is 8.45. The van der Waals surface area contributed by atoms with Gasteiger partial charge in [-0.3, -0.25) is 10.1 Å². The molecule has 1 fully saturated rings. The predicted octanol–water partition coefficient (Wildman–Crippen LogP) is 2.47. The van der Waals surface area contributed by atoms with Gasteiger partial charge in [-0.15, -0.1) is 0 Å². The molecule has 0 saturated carbocycles. The van der Waals surface area contributed by atoms with Crippen LogP contribution in [0, 0.1) is 21.7 Å². The lowest BCUT2D eigenvalue weighted by atomic mass is 10.2. The van der Waals surface area contributed by atoms with Gasteiger partial charge >= 0.3 is 0 Å². The van der Waals surface area contributed by atoms with E-state index in [9.17, 15) is 18.9 Å². The first-order valence-corrected chi connectivity index (χ1v) is 4.98. The molecule has 0 unspecified atom stereocenters. The van der Waals surface area contributed by atoms with Crippen LogP contribution in [0.15, 0.2) is 12.1 Å². The number of rotatable bonds is 2. The molecule has 1 aromatic carbocycles. The van der Waals surface area contributed by atoms with Gasteiger partial charge in [-0.2, -0.15) is 0 Å². The minimum absolute atomic E-state index is 0.0936. The Hall–Kier alpha value is -1.72. The SMILES string of the molecule is O=[N+]([O-])c1cc(F)cc(F)c1N1CCCC1. The van der Waals surface area contributed by atoms with Crippen LogP contribution in [0.4, 0.5) is 20.2 Å². The number of nitrogens with zero attached hydrogens (tertiary/aromatic N) is 2. The molecule has 4 nitrogen and oxygen atoms in total. The Balaban J connectivity index is 2.52. The summed E-state index contributed by atoms with van der Waals surface area (Å²) in [5.41, 5.74) is -0.594. The van der Waals surface area contributed by atoms with Gasteiger partial charge in [0.15, 0.2) is 11.5 Å². The largest absolute Gasteiger partial charge is 0.364 e. The predicted molar refractivity (Wildman–Crippen MR) is 54.5 cm³/mol. The van der Waals surface area contributed by atoms with Crippen molar-refractivity contribution < 1.29 is 13.7 Å². The van der Waals surface area contributed by atoms with Crippen LogP contribution in [0.5, 0.6) is 0 Å². The molecule has 16 heavy (non-hydrogen) atoms. The molecule has 1 heterocycles. The molecule has 1 saturated heterocycles. The summed E-state index contributed by atoms with van der Waals surface area (Å²) in [5, 5.41) is 10.7. The summed E-state index contributed by atoms with van der Waals surface area (Å²) in [7, 11) is 0. The second-order valence-electron chi connectivity index (χ2n) is 3.71. The fraction of sp³-hybridized carbons (Fsp3) is 0.400. The maximum atomic E-state index is 13.5. The van der Waals surface area contributed by atoms with Gasteiger partial charge in [-0.05, 0) is 12.8 Å². The van der Waals surface area contributed by atoms with Gasteiger partial charge in [0, 0.05) is 19.2 Å². The third-order valence-corrected chi connectivity index (χ3v) is 2.63. The van der Waals surface area contributed by atoms with E-state index in [1.54, 1.807) is 4.90 Å². The van der Waals surface area contributed by atoms with E-state index in [2.05, 4.69) is 0 Å². The summed E-state index contributed by atoms with van der Waals surface area (Å²) in [5.74, 6) is -1.79. The monoisotopic (exact) mass is 228 g/mol. The molecular formula is C10H10F2N2O2. The standard InChI is InChI=1S/C10H10F2N2O2/c11-7-5-8(12)10(9(6-7)14(15)16)13-3-1-2-4-13/h5-6H,1-4H2. The van der Waals surface area contributed by atoms with Crippen molar-refractivity contribution in [2.75, 3.05) is 18.0 Å². The second-order valence-corrected chi connectivity index (χ2v) is 3.71. The Morgan fingerprint density at radius 3 is 2.44 bits per heavy atom. The van der Waals surface area contributed by atoms with Crippen molar-refractivity contribution in [1.29, 1.82) is 0 Å². The third-order valence-electron chi connectivity index (χ3n) is 2.63. The van der Waals surface area contributed by atoms with E-state index in [1.165, 1.54) is 0 Å². The molecule has 0 atom stereocenters. The van der Waals surface area contributed by atoms with Crippen molar-refractivity contribution >= 4 is 11.4 Å². The van der Waals surface area contributed by atoms with E-state index in [1.807, 2.05) is 0 Å². The molecule has 6 heteroatoms. The van der Waals surface area contributed by atoms with Crippen LogP contribution in [0.25, 0.3) is 0 Å². The molecule has 0 amide bonds. The number of halogens is 2. The maximum Gasteiger partial charge on any atom is 0.298 e. The zero-order valence-corrected chi connectivity index (χ0v) is 8.45. The van der Waals surface area contributed by atoms with Crippen molar-refractivity contribution in [3.63, 3.8) is 0 Å². The number of anilines is 1. The quantitative estimate of drug-likeness (QED) is 0.577. The highest BCUT2D eigenvalue weighted by Gasteiger charge is 2.27. The fourth-order valence-electron chi connectivity index (χ4n) is 1.95. The number of nitro benzene ring substituents is 1. The van der Waals surface area contributed by atoms with E-state index >= 15 is 0 Å². The summed E-state index contributed by atoms with van der Waals surface area (Å²) < 4.78 is 26.4. The van der Waals surface area contributed by atoms with E-state index < -0.39 is 22.2 Å². The normalized spacial score (nSPS) is 15.5. The molecule has 0 N–H and O–H groups in total. The topological polar surface area (TPSA) is 46.4 Å². The van der Waals surface area contributed by atoms with Crippen molar-refractivity contribution in [1.82, 2.24) is 0 Å². The van der Waals surface area contributed by atoms with Gasteiger partial charge in [0.25, 0.3) is 5.69 Å². The van der Waals surface area contributed by atoms with Crippen molar-refractivity contribution in [3.05, 3.63) is 33.9 Å². The summed E-state index contributed by atoms with van der Waals surface area (Å²) in [4.78, 5) is 11.6. The minimum Gasteiger partial charge on any atom is -0.364 e. The van der Waals surface area contributed by atoms with E-state index in [0.717, 1.165) is 18.9 Å². The lowest BCUT2D eigenvalue weighted by Gasteiger charge is -2.17. The van der Waals surface area contributed by atoms with Crippen LogP contribution in [-0.4, -0.2) is 18.0 Å². The summed E-state index contributed by atoms with van der Waals surface area (Å²) >= 11 is 0. The average Bonchev–Trinajstić information content (AvgIpc) is 2.69. The van der Waals surface area contributed by atoms with Gasteiger partial charge in [0.05, 0.1) is 11.0 Å². The Bertz CT molecular complexity index is 431. The number of benzene rings is 1. The van der Waals surface area contributed by atoms with Crippen molar-refractivity contribution in [2.24, 2.45) is 0 Å². The molecule has 0 aliphatic carbocycles. The molecule has 1 aromatic rings. The first-order chi connectivity index (χ1) is 7.59. The summed E-state index contributed by atoms with van der Waals surface area (Å²) in [6.45, 7) is 1.15. The van der Waals surface area contributed by atoms with Crippen molar-refractivity contribution in [2.45, 2.75) is 12.8 Å². The second kappa shape index (κ2) is 4.03. The molecule has 1 aliphatic rings. The lowest BCUT2D eigenvalue weighted by molar-refractivity contribution is -0.384. The molecule has 0 bridgehead atoms. The zero-order chi connectivity index (χ0) is 11.7. The Labute approximate surface area is 90.6 Å². The Morgan fingerprint density at radius 1 is 1.25 bits per heavy atom. The number of nitro groups is 1. The van der Waals surface area contributed by atoms with Gasteiger partial charge in [0.1, 0.15) is 5.82 Å². The molecule has 0 spiro atoms. The molecule has 1 aliphatic heterocycles. The van der Waals surface area contributed by atoms with Crippen LogP contribution in [0.1, 0.15) is 12.8 Å². The molecule has 0 aromatic heterocycles. The van der Waals surface area contributed by atoms with Gasteiger partial charge < -0.3 is 4.90 Å². The van der Waals surface area contributed by atoms with Gasteiger partial charge in [-0.1, -0.05) is 0 Å². The summed E-state index contributed by atoms with van der Waals surface area (Å²) in [6, 6.07) is 1.44. The molecule has 0 radical (unpaired) electrons. The van der Waals surface area contributed by atoms with Gasteiger partial charge in [0.2, 0.25) is 0 Å². The average molecular weight is 228 g/mol. The third kappa shape index (κ3) is 1.82. The smallest absolute Gasteiger partial charge is 0.298 e. The van der Waals surface area contributed by atoms with E-state index in [-0.39, 0.29) is 5.69 Å². The molecule has 86 valence electrons. The first kappa shape index (κ1) is 10.8. The Morgan fingerprint density at radius 2 is 1.88 bits per heavy atom. The fourth-order valence-corrected chi connectivity index (χ4v) is 1.95. The molecular weight excluding hydrogens is 218 g/mol. The maximum absolute atomic E-state index is 13.5. The minimum atomic E-state index is -0.924. The number of hydrogen-bond donors (Lipinski definition) is 0. The Kier molecular flexibility index (Phi) is 2.72. The van der Waals surface area contributed by atoms with E-state index in [4.69, 9.17) is 0 Å². The van der Waals surface area contributed by atoms with Crippen LogP contribution >= 0.6 is 0 Å². The summed E-state index contributed by atoms with van der Waals surface area (Å²) in [6.07, 6.45) is 1.74.